The molecule has 0 bridgehead atoms. The van der Waals surface area contributed by atoms with Crippen LogP contribution in [0.15, 0.2) is 22.5 Å². The maximum Gasteiger partial charge on any atom is 0.265 e. The lowest BCUT2D eigenvalue weighted by atomic mass is 9.82. The molecule has 2 saturated carbocycles. The molecular weight excluding hydrogens is 412 g/mol. The van der Waals surface area contributed by atoms with E-state index in [1.807, 2.05) is 0 Å². The molecule has 0 aliphatic heterocycles. The Bertz CT molecular complexity index is 1010. The largest absolute Gasteiger partial charge is 0.265 e. The zero-order chi connectivity index (χ0) is 21.7. The molecule has 1 aromatic carbocycles. The van der Waals surface area contributed by atoms with Crippen molar-refractivity contribution in [1.82, 2.24) is 4.98 Å². The number of nitrogens with zero attached hydrogens (tertiary/aromatic N) is 1. The SMILES string of the molecule is CC(C)(C)c1cc(-c2sc(S(N)(=O)=O)nc2CC2CCCCC2)cc(C2(C)CC2)c1. The van der Waals surface area contributed by atoms with E-state index in [1.54, 1.807) is 0 Å². The average molecular weight is 447 g/mol. The first-order valence-corrected chi connectivity index (χ1v) is 13.5. The van der Waals surface area contributed by atoms with E-state index in [-0.39, 0.29) is 15.2 Å². The van der Waals surface area contributed by atoms with E-state index in [2.05, 4.69) is 50.9 Å². The molecule has 2 fully saturated rings. The molecule has 30 heavy (non-hydrogen) atoms. The van der Waals surface area contributed by atoms with Crippen LogP contribution in [0, 0.1) is 5.92 Å². The smallest absolute Gasteiger partial charge is 0.228 e. The molecule has 2 aliphatic carbocycles. The summed E-state index contributed by atoms with van der Waals surface area (Å²) in [6.45, 7) is 9.02. The first-order chi connectivity index (χ1) is 14.0. The summed E-state index contributed by atoms with van der Waals surface area (Å²) in [6, 6.07) is 6.85. The summed E-state index contributed by atoms with van der Waals surface area (Å²) in [5.41, 5.74) is 4.93. The third kappa shape index (κ3) is 4.66. The van der Waals surface area contributed by atoms with Gasteiger partial charge in [0.15, 0.2) is 0 Å². The molecule has 1 aromatic heterocycles. The van der Waals surface area contributed by atoms with Gasteiger partial charge in [0.1, 0.15) is 0 Å². The van der Waals surface area contributed by atoms with E-state index >= 15 is 0 Å². The molecule has 6 heteroatoms. The minimum absolute atomic E-state index is 0.0208. The van der Waals surface area contributed by atoms with Crippen molar-refractivity contribution in [1.29, 1.82) is 0 Å². The summed E-state index contributed by atoms with van der Waals surface area (Å²) in [4.78, 5) is 5.54. The summed E-state index contributed by atoms with van der Waals surface area (Å²) < 4.78 is 24.3. The molecule has 2 N–H and O–H groups in total. The quantitative estimate of drug-likeness (QED) is 0.618. The maximum atomic E-state index is 12.1. The zero-order valence-corrected chi connectivity index (χ0v) is 20.3. The number of primary sulfonamides is 1. The van der Waals surface area contributed by atoms with Crippen LogP contribution in [-0.4, -0.2) is 13.4 Å². The fourth-order valence-corrected chi connectivity index (χ4v) is 6.26. The molecule has 1 heterocycles. The highest BCUT2D eigenvalue weighted by Crippen LogP contribution is 2.50. The van der Waals surface area contributed by atoms with Gasteiger partial charge in [0.05, 0.1) is 10.6 Å². The zero-order valence-electron chi connectivity index (χ0n) is 18.6. The molecule has 0 spiro atoms. The highest BCUT2D eigenvalue weighted by Gasteiger charge is 2.40. The van der Waals surface area contributed by atoms with Crippen LogP contribution in [0.2, 0.25) is 0 Å². The Morgan fingerprint density at radius 1 is 1.13 bits per heavy atom. The predicted octanol–water partition coefficient (Wildman–Crippen LogP) is 5.93. The fourth-order valence-electron chi connectivity index (χ4n) is 4.50. The van der Waals surface area contributed by atoms with Crippen molar-refractivity contribution in [3.05, 3.63) is 35.0 Å². The summed E-state index contributed by atoms with van der Waals surface area (Å²) in [5, 5.41) is 5.48. The average Bonchev–Trinajstić information content (AvgIpc) is 3.27. The van der Waals surface area contributed by atoms with Crippen LogP contribution in [0.3, 0.4) is 0 Å². The summed E-state index contributed by atoms with van der Waals surface area (Å²) in [7, 11) is -3.81. The van der Waals surface area contributed by atoms with Gasteiger partial charge in [-0.2, -0.15) is 0 Å². The Morgan fingerprint density at radius 3 is 2.37 bits per heavy atom. The Labute approximate surface area is 185 Å². The Kier molecular flexibility index (Phi) is 5.65. The number of hydrogen-bond donors (Lipinski definition) is 1. The molecule has 0 saturated heterocycles. The van der Waals surface area contributed by atoms with E-state index in [1.165, 1.54) is 67.4 Å². The number of hydrogen-bond acceptors (Lipinski definition) is 4. The monoisotopic (exact) mass is 446 g/mol. The third-order valence-electron chi connectivity index (χ3n) is 6.89. The van der Waals surface area contributed by atoms with E-state index in [9.17, 15) is 8.42 Å². The van der Waals surface area contributed by atoms with Crippen LogP contribution in [0.5, 0.6) is 0 Å². The van der Waals surface area contributed by atoms with Gasteiger partial charge in [0, 0.05) is 0 Å². The van der Waals surface area contributed by atoms with Gasteiger partial charge >= 0.3 is 0 Å². The third-order valence-corrected chi connectivity index (χ3v) is 9.35. The molecule has 0 amide bonds. The van der Waals surface area contributed by atoms with Crippen molar-refractivity contribution in [2.24, 2.45) is 11.1 Å². The van der Waals surface area contributed by atoms with Crippen molar-refractivity contribution in [2.75, 3.05) is 0 Å². The Balaban J connectivity index is 1.83. The topological polar surface area (TPSA) is 73.1 Å². The van der Waals surface area contributed by atoms with Gasteiger partial charge in [0.25, 0.3) is 10.0 Å². The highest BCUT2D eigenvalue weighted by atomic mass is 32.2. The number of nitrogens with two attached hydrogens (primary N) is 1. The van der Waals surface area contributed by atoms with Crippen molar-refractivity contribution in [2.45, 2.75) is 94.2 Å². The molecule has 2 aromatic rings. The van der Waals surface area contributed by atoms with Gasteiger partial charge < -0.3 is 0 Å². The second-order valence-electron chi connectivity index (χ2n) is 10.6. The molecular formula is C24H34N2O2S2. The van der Waals surface area contributed by atoms with Gasteiger partial charge in [-0.3, -0.25) is 0 Å². The van der Waals surface area contributed by atoms with Gasteiger partial charge in [-0.05, 0) is 64.8 Å². The van der Waals surface area contributed by atoms with E-state index < -0.39 is 10.0 Å². The van der Waals surface area contributed by atoms with Crippen LogP contribution in [0.1, 0.15) is 89.5 Å². The van der Waals surface area contributed by atoms with Crippen molar-refractivity contribution in [3.8, 4) is 10.4 Å². The molecule has 0 atom stereocenters. The van der Waals surface area contributed by atoms with E-state index in [0.29, 0.717) is 5.92 Å². The Hall–Kier alpha value is -1.24. The highest BCUT2D eigenvalue weighted by molar-refractivity contribution is 7.91. The molecule has 0 radical (unpaired) electrons. The number of benzene rings is 1. The summed E-state index contributed by atoms with van der Waals surface area (Å²) in [6.07, 6.45) is 9.48. The molecule has 0 unspecified atom stereocenters. The van der Waals surface area contributed by atoms with E-state index in [4.69, 9.17) is 5.14 Å². The van der Waals surface area contributed by atoms with Gasteiger partial charge in [-0.15, -0.1) is 11.3 Å². The summed E-state index contributed by atoms with van der Waals surface area (Å²) in [5.74, 6) is 0.583. The van der Waals surface area contributed by atoms with Crippen LogP contribution in [0.25, 0.3) is 10.4 Å². The first-order valence-electron chi connectivity index (χ1n) is 11.1. The Morgan fingerprint density at radius 2 is 1.80 bits per heavy atom. The number of rotatable bonds is 5. The molecule has 4 nitrogen and oxygen atoms in total. The van der Waals surface area contributed by atoms with Crippen molar-refractivity contribution < 1.29 is 8.42 Å². The maximum absolute atomic E-state index is 12.1. The number of sulfonamides is 1. The van der Waals surface area contributed by atoms with Crippen molar-refractivity contribution >= 4 is 21.4 Å². The van der Waals surface area contributed by atoms with Crippen LogP contribution in [-0.2, 0) is 27.3 Å². The standard InChI is InChI=1S/C24H34N2O2S2/c1-23(2,3)18-13-17(14-19(15-18)24(4)10-11-24)21-20(12-16-8-6-5-7-9-16)26-22(29-21)30(25,27)28/h13-16H,5-12H2,1-4H3,(H2,25,27,28). The van der Waals surface area contributed by atoms with E-state index in [0.717, 1.165) is 22.6 Å². The predicted molar refractivity (Wildman–Crippen MR) is 124 cm³/mol. The molecule has 2 aliphatic rings. The minimum Gasteiger partial charge on any atom is -0.228 e. The normalized spacial score (nSPS) is 19.8. The first kappa shape index (κ1) is 22.0. The van der Waals surface area contributed by atoms with Gasteiger partial charge in [-0.1, -0.05) is 65.9 Å². The lowest BCUT2D eigenvalue weighted by Crippen LogP contribution is -2.14. The lowest BCUT2D eigenvalue weighted by molar-refractivity contribution is 0.354. The second-order valence-corrected chi connectivity index (χ2v) is 13.4. The fraction of sp³-hybridized carbons (Fsp3) is 0.625. The second kappa shape index (κ2) is 7.72. The van der Waals surface area contributed by atoms with Crippen LogP contribution in [0.4, 0.5) is 0 Å². The molecule has 4 rings (SSSR count). The lowest BCUT2D eigenvalue weighted by Gasteiger charge is -2.24. The molecule has 164 valence electrons. The van der Waals surface area contributed by atoms with Crippen LogP contribution >= 0.6 is 11.3 Å². The number of thiazole rings is 1. The van der Waals surface area contributed by atoms with Crippen molar-refractivity contribution in [3.63, 3.8) is 0 Å². The summed E-state index contributed by atoms with van der Waals surface area (Å²) >= 11 is 1.24. The minimum atomic E-state index is -3.81. The van der Waals surface area contributed by atoms with Gasteiger partial charge in [0.2, 0.25) is 4.34 Å². The van der Waals surface area contributed by atoms with Crippen LogP contribution < -0.4 is 5.14 Å². The van der Waals surface area contributed by atoms with Gasteiger partial charge in [-0.25, -0.2) is 18.5 Å². The number of aromatic nitrogens is 1.